The molecule has 4 heteroatoms. The molecule has 1 aromatic heterocycles. The standard InChI is InChI=1S/C9H10N2O2/c10-9-7(5-12)8(3-4-11-9)13-6-1-2-6/h3-6H,1-2H2,(H2,10,11). The SMILES string of the molecule is Nc1nccc(OC2CC2)c1C=O. The summed E-state index contributed by atoms with van der Waals surface area (Å²) in [5.41, 5.74) is 5.86. The fourth-order valence-corrected chi connectivity index (χ4v) is 1.06. The van der Waals surface area contributed by atoms with Crippen molar-refractivity contribution in [2.45, 2.75) is 18.9 Å². The van der Waals surface area contributed by atoms with Gasteiger partial charge in [-0.15, -0.1) is 0 Å². The van der Waals surface area contributed by atoms with Crippen LogP contribution in [0.25, 0.3) is 0 Å². The number of nitrogen functional groups attached to an aromatic ring is 1. The monoisotopic (exact) mass is 178 g/mol. The number of ether oxygens (including phenoxy) is 1. The van der Waals surface area contributed by atoms with Gasteiger partial charge in [0, 0.05) is 6.20 Å². The molecule has 1 aliphatic rings. The molecule has 2 rings (SSSR count). The zero-order valence-corrected chi connectivity index (χ0v) is 7.06. The molecule has 1 fully saturated rings. The molecule has 0 radical (unpaired) electrons. The maximum Gasteiger partial charge on any atom is 0.157 e. The summed E-state index contributed by atoms with van der Waals surface area (Å²) < 4.78 is 5.48. The normalized spacial score (nSPS) is 15.4. The van der Waals surface area contributed by atoms with Crippen LogP contribution in [0.5, 0.6) is 5.75 Å². The van der Waals surface area contributed by atoms with Gasteiger partial charge in [-0.3, -0.25) is 4.79 Å². The molecule has 0 atom stereocenters. The van der Waals surface area contributed by atoms with E-state index in [1.54, 1.807) is 12.3 Å². The first-order valence-electron chi connectivity index (χ1n) is 4.17. The van der Waals surface area contributed by atoms with Gasteiger partial charge in [-0.05, 0) is 18.9 Å². The van der Waals surface area contributed by atoms with Gasteiger partial charge in [0.05, 0.1) is 11.7 Å². The minimum atomic E-state index is 0.230. The van der Waals surface area contributed by atoms with Crippen molar-refractivity contribution in [2.24, 2.45) is 0 Å². The fourth-order valence-electron chi connectivity index (χ4n) is 1.06. The van der Waals surface area contributed by atoms with Crippen LogP contribution in [0.3, 0.4) is 0 Å². The Hall–Kier alpha value is -1.58. The third-order valence-corrected chi connectivity index (χ3v) is 1.92. The maximum atomic E-state index is 10.7. The van der Waals surface area contributed by atoms with Crippen molar-refractivity contribution >= 4 is 12.1 Å². The lowest BCUT2D eigenvalue weighted by molar-refractivity contribution is 0.112. The topological polar surface area (TPSA) is 65.2 Å². The number of hydrogen-bond donors (Lipinski definition) is 1. The minimum absolute atomic E-state index is 0.230. The van der Waals surface area contributed by atoms with Crippen LogP contribution in [0, 0.1) is 0 Å². The maximum absolute atomic E-state index is 10.7. The van der Waals surface area contributed by atoms with Gasteiger partial charge < -0.3 is 10.5 Å². The molecule has 4 nitrogen and oxygen atoms in total. The molecule has 0 aromatic carbocycles. The number of hydrogen-bond acceptors (Lipinski definition) is 4. The average molecular weight is 178 g/mol. The van der Waals surface area contributed by atoms with E-state index >= 15 is 0 Å². The molecular formula is C9H10N2O2. The fraction of sp³-hybridized carbons (Fsp3) is 0.333. The second-order valence-corrected chi connectivity index (χ2v) is 3.04. The van der Waals surface area contributed by atoms with Crippen LogP contribution in [0.1, 0.15) is 23.2 Å². The van der Waals surface area contributed by atoms with E-state index in [-0.39, 0.29) is 11.9 Å². The summed E-state index contributed by atoms with van der Waals surface area (Å²) in [6.45, 7) is 0. The lowest BCUT2D eigenvalue weighted by atomic mass is 10.2. The van der Waals surface area contributed by atoms with Crippen molar-refractivity contribution in [2.75, 3.05) is 5.73 Å². The van der Waals surface area contributed by atoms with Crippen LogP contribution in [0.4, 0.5) is 5.82 Å². The molecule has 0 bridgehead atoms. The number of pyridine rings is 1. The largest absolute Gasteiger partial charge is 0.489 e. The number of aldehydes is 1. The lowest BCUT2D eigenvalue weighted by Gasteiger charge is -2.07. The zero-order valence-electron chi connectivity index (χ0n) is 7.06. The highest BCUT2D eigenvalue weighted by Gasteiger charge is 2.24. The molecule has 13 heavy (non-hydrogen) atoms. The second-order valence-electron chi connectivity index (χ2n) is 3.04. The first-order chi connectivity index (χ1) is 6.31. The smallest absolute Gasteiger partial charge is 0.157 e. The van der Waals surface area contributed by atoms with Crippen molar-refractivity contribution < 1.29 is 9.53 Å². The lowest BCUT2D eigenvalue weighted by Crippen LogP contribution is -2.03. The van der Waals surface area contributed by atoms with Gasteiger partial charge in [0.2, 0.25) is 0 Å². The van der Waals surface area contributed by atoms with Crippen molar-refractivity contribution in [1.82, 2.24) is 4.98 Å². The predicted molar refractivity (Wildman–Crippen MR) is 47.7 cm³/mol. The van der Waals surface area contributed by atoms with Crippen molar-refractivity contribution in [3.63, 3.8) is 0 Å². The van der Waals surface area contributed by atoms with Gasteiger partial charge in [-0.2, -0.15) is 0 Å². The van der Waals surface area contributed by atoms with Crippen molar-refractivity contribution in [3.05, 3.63) is 17.8 Å². The number of anilines is 1. The summed E-state index contributed by atoms with van der Waals surface area (Å²) in [6.07, 6.45) is 4.60. The van der Waals surface area contributed by atoms with E-state index in [0.717, 1.165) is 12.8 Å². The molecule has 0 saturated heterocycles. The summed E-state index contributed by atoms with van der Waals surface area (Å²) in [4.78, 5) is 14.5. The van der Waals surface area contributed by atoms with Crippen molar-refractivity contribution in [1.29, 1.82) is 0 Å². The second kappa shape index (κ2) is 3.05. The van der Waals surface area contributed by atoms with E-state index in [1.165, 1.54) is 0 Å². The third kappa shape index (κ3) is 1.61. The van der Waals surface area contributed by atoms with Gasteiger partial charge >= 0.3 is 0 Å². The number of carbonyl (C=O) groups is 1. The van der Waals surface area contributed by atoms with Crippen LogP contribution in [-0.4, -0.2) is 17.4 Å². The molecule has 0 unspecified atom stereocenters. The summed E-state index contributed by atoms with van der Waals surface area (Å²) >= 11 is 0. The van der Waals surface area contributed by atoms with Crippen molar-refractivity contribution in [3.8, 4) is 5.75 Å². The van der Waals surface area contributed by atoms with Gasteiger partial charge in [-0.25, -0.2) is 4.98 Å². The van der Waals surface area contributed by atoms with E-state index in [2.05, 4.69) is 4.98 Å². The van der Waals surface area contributed by atoms with Crippen LogP contribution in [0.2, 0.25) is 0 Å². The quantitative estimate of drug-likeness (QED) is 0.702. The van der Waals surface area contributed by atoms with Gasteiger partial charge in [0.15, 0.2) is 6.29 Å². The molecular weight excluding hydrogens is 168 g/mol. The summed E-state index contributed by atoms with van der Waals surface area (Å²) in [5, 5.41) is 0. The first kappa shape index (κ1) is 8.04. The Labute approximate surface area is 75.7 Å². The summed E-state index contributed by atoms with van der Waals surface area (Å²) in [5.74, 6) is 0.776. The van der Waals surface area contributed by atoms with Crippen LogP contribution >= 0.6 is 0 Å². The van der Waals surface area contributed by atoms with E-state index in [0.29, 0.717) is 17.6 Å². The van der Waals surface area contributed by atoms with Crippen LogP contribution in [-0.2, 0) is 0 Å². The molecule has 1 aromatic rings. The number of rotatable bonds is 3. The van der Waals surface area contributed by atoms with E-state index in [9.17, 15) is 4.79 Å². The number of nitrogens with zero attached hydrogens (tertiary/aromatic N) is 1. The number of carbonyl (C=O) groups excluding carboxylic acids is 1. The van der Waals surface area contributed by atoms with Gasteiger partial charge in [0.25, 0.3) is 0 Å². The predicted octanol–water partition coefficient (Wildman–Crippen LogP) is 1.02. The Bertz CT molecular complexity index is 334. The van der Waals surface area contributed by atoms with Gasteiger partial charge in [0.1, 0.15) is 11.6 Å². The molecule has 0 amide bonds. The third-order valence-electron chi connectivity index (χ3n) is 1.92. The summed E-state index contributed by atoms with van der Waals surface area (Å²) in [6, 6.07) is 1.67. The average Bonchev–Trinajstić information content (AvgIpc) is 2.89. The molecule has 68 valence electrons. The Kier molecular flexibility index (Phi) is 1.88. The highest BCUT2D eigenvalue weighted by Crippen LogP contribution is 2.29. The Morgan fingerprint density at radius 1 is 1.62 bits per heavy atom. The molecule has 0 aliphatic heterocycles. The van der Waals surface area contributed by atoms with Crippen LogP contribution in [0.15, 0.2) is 12.3 Å². The van der Waals surface area contributed by atoms with Crippen LogP contribution < -0.4 is 10.5 Å². The number of aromatic nitrogens is 1. The highest BCUT2D eigenvalue weighted by atomic mass is 16.5. The molecule has 1 aliphatic carbocycles. The van der Waals surface area contributed by atoms with E-state index in [4.69, 9.17) is 10.5 Å². The Morgan fingerprint density at radius 3 is 3.00 bits per heavy atom. The molecule has 0 spiro atoms. The molecule has 1 saturated carbocycles. The molecule has 2 N–H and O–H groups in total. The Balaban J connectivity index is 2.30. The highest BCUT2D eigenvalue weighted by molar-refractivity contribution is 5.85. The number of nitrogens with two attached hydrogens (primary N) is 1. The Morgan fingerprint density at radius 2 is 2.38 bits per heavy atom. The minimum Gasteiger partial charge on any atom is -0.489 e. The first-order valence-corrected chi connectivity index (χ1v) is 4.17. The van der Waals surface area contributed by atoms with Gasteiger partial charge in [-0.1, -0.05) is 0 Å². The van der Waals surface area contributed by atoms with E-state index in [1.807, 2.05) is 0 Å². The molecule has 1 heterocycles. The van der Waals surface area contributed by atoms with E-state index < -0.39 is 0 Å². The zero-order chi connectivity index (χ0) is 9.26. The summed E-state index contributed by atoms with van der Waals surface area (Å²) in [7, 11) is 0.